The van der Waals surface area contributed by atoms with Crippen LogP contribution in [0.25, 0.3) is 23.4 Å². The quantitative estimate of drug-likeness (QED) is 0.208. The molecule has 4 aromatic rings. The van der Waals surface area contributed by atoms with Crippen molar-refractivity contribution in [3.8, 4) is 28.6 Å². The average molecular weight is 535 g/mol. The van der Waals surface area contributed by atoms with Gasteiger partial charge in [-0.3, -0.25) is 0 Å². The Bertz CT molecular complexity index is 1540. The Kier molecular flexibility index (Phi) is 6.10. The van der Waals surface area contributed by atoms with Crippen LogP contribution < -0.4 is 9.47 Å². The van der Waals surface area contributed by atoms with Gasteiger partial charge in [0.2, 0.25) is 5.88 Å². The van der Waals surface area contributed by atoms with Gasteiger partial charge in [0.05, 0.1) is 28.3 Å². The van der Waals surface area contributed by atoms with E-state index in [0.29, 0.717) is 55.9 Å². The van der Waals surface area contributed by atoms with E-state index in [-0.39, 0.29) is 6.61 Å². The number of aromatic nitrogens is 2. The topological polar surface area (TPSA) is 83.7 Å². The van der Waals surface area contributed by atoms with Crippen molar-refractivity contribution >= 4 is 41.3 Å². The van der Waals surface area contributed by atoms with Gasteiger partial charge >= 0.3 is 5.97 Å². The van der Waals surface area contributed by atoms with Crippen LogP contribution in [0.15, 0.2) is 53.1 Å². The molecule has 0 atom stereocenters. The van der Waals surface area contributed by atoms with Crippen LogP contribution in [0.5, 0.6) is 17.4 Å². The first-order valence-electron chi connectivity index (χ1n) is 11.7. The molecular formula is C28H20Cl2N2O5. The Morgan fingerprint density at radius 1 is 1.05 bits per heavy atom. The van der Waals surface area contributed by atoms with Crippen LogP contribution >= 0.6 is 23.2 Å². The lowest BCUT2D eigenvalue weighted by Gasteiger charge is -2.12. The van der Waals surface area contributed by atoms with Gasteiger partial charge in [-0.2, -0.15) is 0 Å². The lowest BCUT2D eigenvalue weighted by molar-refractivity contribution is 0.0600. The first-order chi connectivity index (χ1) is 18.0. The van der Waals surface area contributed by atoms with E-state index in [1.807, 2.05) is 12.2 Å². The Hall–Kier alpha value is -3.81. The molecule has 2 aliphatic rings. The van der Waals surface area contributed by atoms with Gasteiger partial charge in [-0.25, -0.2) is 9.78 Å². The SMILES string of the molecule is COC(=O)c1ccc2c(c1)Oc1ccc(OCc3c(-c4c(Cl)cccc4Cl)noc3C3CC3)nc1C=C2. The molecule has 37 heavy (non-hydrogen) atoms. The zero-order chi connectivity index (χ0) is 25.5. The molecule has 1 saturated carbocycles. The van der Waals surface area contributed by atoms with Crippen molar-refractivity contribution in [3.63, 3.8) is 0 Å². The zero-order valence-electron chi connectivity index (χ0n) is 19.7. The fraction of sp³-hybridized carbons (Fsp3) is 0.179. The van der Waals surface area contributed by atoms with Crippen molar-refractivity contribution in [2.75, 3.05) is 7.11 Å². The molecule has 0 bridgehead atoms. The molecular weight excluding hydrogens is 515 g/mol. The molecule has 6 rings (SSSR count). The van der Waals surface area contributed by atoms with E-state index in [1.165, 1.54) is 7.11 Å². The molecule has 0 spiro atoms. The van der Waals surface area contributed by atoms with E-state index in [0.717, 1.165) is 29.7 Å². The van der Waals surface area contributed by atoms with Gasteiger partial charge < -0.3 is 18.7 Å². The minimum atomic E-state index is -0.432. The number of ether oxygens (including phenoxy) is 3. The van der Waals surface area contributed by atoms with Crippen LogP contribution in [0.4, 0.5) is 0 Å². The number of hydrogen-bond donors (Lipinski definition) is 0. The first-order valence-corrected chi connectivity index (χ1v) is 12.4. The molecule has 186 valence electrons. The number of esters is 1. The summed E-state index contributed by atoms with van der Waals surface area (Å²) in [6.07, 6.45) is 5.79. The minimum Gasteiger partial charge on any atom is -0.473 e. The van der Waals surface area contributed by atoms with E-state index in [1.54, 1.807) is 48.5 Å². The van der Waals surface area contributed by atoms with Crippen molar-refractivity contribution in [2.24, 2.45) is 0 Å². The number of rotatable bonds is 6. The zero-order valence-corrected chi connectivity index (χ0v) is 21.2. The summed E-state index contributed by atoms with van der Waals surface area (Å²) in [4.78, 5) is 16.5. The van der Waals surface area contributed by atoms with Gasteiger partial charge in [-0.15, -0.1) is 0 Å². The van der Waals surface area contributed by atoms with Crippen LogP contribution in [-0.2, 0) is 11.3 Å². The smallest absolute Gasteiger partial charge is 0.337 e. The first kappa shape index (κ1) is 23.6. The predicted molar refractivity (Wildman–Crippen MR) is 139 cm³/mol. The van der Waals surface area contributed by atoms with Crippen LogP contribution in [0.1, 0.15) is 51.7 Å². The Labute approximate surface area is 222 Å². The number of methoxy groups -OCH3 is 1. The molecule has 0 amide bonds. The van der Waals surface area contributed by atoms with E-state index >= 15 is 0 Å². The number of carbonyl (C=O) groups excluding carboxylic acids is 1. The maximum atomic E-state index is 11.9. The number of hydrogen-bond acceptors (Lipinski definition) is 7. The summed E-state index contributed by atoms with van der Waals surface area (Å²) in [5.41, 5.74) is 3.82. The minimum absolute atomic E-state index is 0.186. The molecule has 0 unspecified atom stereocenters. The van der Waals surface area contributed by atoms with Gasteiger partial charge in [0.15, 0.2) is 5.75 Å². The summed E-state index contributed by atoms with van der Waals surface area (Å²) in [6.45, 7) is 0.186. The summed E-state index contributed by atoms with van der Waals surface area (Å²) in [7, 11) is 1.34. The van der Waals surface area contributed by atoms with E-state index in [2.05, 4.69) is 10.1 Å². The third-order valence-electron chi connectivity index (χ3n) is 6.27. The van der Waals surface area contributed by atoms with Crippen molar-refractivity contribution in [1.82, 2.24) is 10.1 Å². The van der Waals surface area contributed by atoms with Gasteiger partial charge in [-0.1, -0.05) is 40.5 Å². The van der Waals surface area contributed by atoms with Crippen molar-refractivity contribution in [1.29, 1.82) is 0 Å². The van der Waals surface area contributed by atoms with Gasteiger partial charge in [0, 0.05) is 23.1 Å². The third-order valence-corrected chi connectivity index (χ3v) is 6.90. The molecule has 0 radical (unpaired) electrons. The third kappa shape index (κ3) is 4.56. The Morgan fingerprint density at radius 2 is 1.86 bits per heavy atom. The van der Waals surface area contributed by atoms with Gasteiger partial charge in [0.1, 0.15) is 29.5 Å². The number of fused-ring (bicyclic) bond motifs is 2. The Balaban J connectivity index is 1.27. The van der Waals surface area contributed by atoms with Crippen LogP contribution in [-0.4, -0.2) is 23.2 Å². The number of pyridine rings is 1. The largest absolute Gasteiger partial charge is 0.473 e. The van der Waals surface area contributed by atoms with Crippen molar-refractivity contribution < 1.29 is 23.5 Å². The van der Waals surface area contributed by atoms with Crippen molar-refractivity contribution in [2.45, 2.75) is 25.4 Å². The fourth-order valence-corrected chi connectivity index (χ4v) is 4.79. The lowest BCUT2D eigenvalue weighted by Crippen LogP contribution is -2.02. The number of nitrogens with zero attached hydrogens (tertiary/aromatic N) is 2. The highest BCUT2D eigenvalue weighted by atomic mass is 35.5. The standard InChI is InChI=1S/C28H20Cl2N2O5/c1-34-28(33)17-8-5-15-9-10-21-22(36-23(15)13-17)11-12-24(31-21)35-14-18-26(32-37-27(18)16-6-7-16)25-19(29)3-2-4-20(25)30/h2-5,8-13,16H,6-7,14H2,1H3. The number of carbonyl (C=O) groups is 1. The summed E-state index contributed by atoms with van der Waals surface area (Å²) >= 11 is 12.9. The maximum Gasteiger partial charge on any atom is 0.337 e. The van der Waals surface area contributed by atoms with Gasteiger partial charge in [0.25, 0.3) is 0 Å². The van der Waals surface area contributed by atoms with Gasteiger partial charge in [-0.05, 0) is 55.3 Å². The normalized spacial score (nSPS) is 13.8. The van der Waals surface area contributed by atoms with Crippen LogP contribution in [0.3, 0.4) is 0 Å². The highest BCUT2D eigenvalue weighted by Gasteiger charge is 2.33. The molecule has 2 aromatic carbocycles. The second kappa shape index (κ2) is 9.57. The summed E-state index contributed by atoms with van der Waals surface area (Å²) < 4.78 is 22.7. The van der Waals surface area contributed by atoms with Crippen LogP contribution in [0.2, 0.25) is 10.0 Å². The predicted octanol–water partition coefficient (Wildman–Crippen LogP) is 7.56. The summed E-state index contributed by atoms with van der Waals surface area (Å²) in [5.74, 6) is 2.15. The molecule has 1 aliphatic carbocycles. The molecule has 9 heteroatoms. The highest BCUT2D eigenvalue weighted by Crippen LogP contribution is 2.46. The lowest BCUT2D eigenvalue weighted by atomic mass is 10.0. The average Bonchev–Trinajstić information content (AvgIpc) is 3.69. The second-order valence-electron chi connectivity index (χ2n) is 8.75. The highest BCUT2D eigenvalue weighted by molar-refractivity contribution is 6.39. The summed E-state index contributed by atoms with van der Waals surface area (Å²) in [6, 6.07) is 14.0. The number of benzene rings is 2. The second-order valence-corrected chi connectivity index (χ2v) is 9.56. The summed E-state index contributed by atoms with van der Waals surface area (Å²) in [5, 5.41) is 5.29. The van der Waals surface area contributed by atoms with E-state index in [4.69, 9.17) is 41.9 Å². The van der Waals surface area contributed by atoms with E-state index in [9.17, 15) is 4.79 Å². The molecule has 7 nitrogen and oxygen atoms in total. The van der Waals surface area contributed by atoms with Crippen molar-refractivity contribution in [3.05, 3.63) is 86.7 Å². The molecule has 0 N–H and O–H groups in total. The molecule has 1 aliphatic heterocycles. The molecule has 0 saturated heterocycles. The number of halogens is 2. The monoisotopic (exact) mass is 534 g/mol. The molecule has 2 aromatic heterocycles. The van der Waals surface area contributed by atoms with Crippen LogP contribution in [0, 0.1) is 0 Å². The maximum absolute atomic E-state index is 11.9. The Morgan fingerprint density at radius 3 is 2.62 bits per heavy atom. The fourth-order valence-electron chi connectivity index (χ4n) is 4.22. The molecule has 1 fully saturated rings. The molecule has 3 heterocycles. The van der Waals surface area contributed by atoms with E-state index < -0.39 is 5.97 Å².